The molecule has 0 atom stereocenters. The maximum atomic E-state index is 13.7. The van der Waals surface area contributed by atoms with Gasteiger partial charge in [-0.3, -0.25) is 13.9 Å². The lowest BCUT2D eigenvalue weighted by molar-refractivity contribution is -0.141. The Morgan fingerprint density at radius 2 is 1.71 bits per heavy atom. The molecule has 1 aliphatic carbocycles. The van der Waals surface area contributed by atoms with Crippen LogP contribution < -0.4 is 9.62 Å². The highest BCUT2D eigenvalue weighted by Gasteiger charge is 2.33. The van der Waals surface area contributed by atoms with Crippen molar-refractivity contribution in [1.29, 1.82) is 0 Å². The first-order valence-corrected chi connectivity index (χ1v) is 18.2. The van der Waals surface area contributed by atoms with Crippen molar-refractivity contribution in [1.82, 2.24) is 5.32 Å². The van der Waals surface area contributed by atoms with E-state index in [0.29, 0.717) is 22.2 Å². The molecule has 1 heterocycles. The SMILES string of the molecule is CCOC(=O)/C(O)=C/C(=O)c1ccc(COCCOCCN(c2cc3oc(-c4ccc(F)cc4)c(C(=O)NC)c3cc2C2CC2)S(C)(=O)=O)cc1. The Hall–Kier alpha value is -5.05. The molecular formula is C37H39FN2O10S. The van der Waals surface area contributed by atoms with Gasteiger partial charge >= 0.3 is 5.97 Å². The number of furan rings is 1. The number of ketones is 1. The van der Waals surface area contributed by atoms with E-state index in [1.54, 1.807) is 37.3 Å². The molecular weight excluding hydrogens is 683 g/mol. The number of carbonyl (C=O) groups excluding carboxylic acids is 3. The number of aliphatic hydroxyl groups is 1. The van der Waals surface area contributed by atoms with Gasteiger partial charge in [0.2, 0.25) is 15.8 Å². The van der Waals surface area contributed by atoms with E-state index in [4.69, 9.17) is 13.9 Å². The van der Waals surface area contributed by atoms with Crippen molar-refractivity contribution in [3.63, 3.8) is 0 Å². The number of anilines is 1. The minimum atomic E-state index is -3.76. The van der Waals surface area contributed by atoms with Gasteiger partial charge in [0, 0.05) is 35.7 Å². The normalized spacial score (nSPS) is 13.3. The summed E-state index contributed by atoms with van der Waals surface area (Å²) in [4.78, 5) is 36.9. The van der Waals surface area contributed by atoms with Crippen molar-refractivity contribution in [2.24, 2.45) is 0 Å². The lowest BCUT2D eigenvalue weighted by Crippen LogP contribution is -2.34. The minimum Gasteiger partial charge on any atom is -0.502 e. The van der Waals surface area contributed by atoms with Gasteiger partial charge in [0.05, 0.1) is 57.1 Å². The third-order valence-electron chi connectivity index (χ3n) is 8.15. The van der Waals surface area contributed by atoms with Crippen LogP contribution in [-0.2, 0) is 35.6 Å². The number of benzene rings is 3. The molecule has 0 spiro atoms. The first-order valence-electron chi connectivity index (χ1n) is 16.3. The molecule has 0 aliphatic heterocycles. The van der Waals surface area contributed by atoms with E-state index in [0.717, 1.165) is 36.3 Å². The molecule has 2 N–H and O–H groups in total. The van der Waals surface area contributed by atoms with Gasteiger partial charge in [0.15, 0.2) is 5.78 Å². The van der Waals surface area contributed by atoms with E-state index >= 15 is 0 Å². The van der Waals surface area contributed by atoms with E-state index in [1.165, 1.54) is 35.6 Å². The van der Waals surface area contributed by atoms with Crippen LogP contribution in [0.1, 0.15) is 57.5 Å². The zero-order valence-electron chi connectivity index (χ0n) is 28.4. The number of amides is 1. The third-order valence-corrected chi connectivity index (χ3v) is 9.33. The molecule has 1 fully saturated rings. The molecule has 12 nitrogen and oxygen atoms in total. The van der Waals surface area contributed by atoms with Crippen molar-refractivity contribution in [2.45, 2.75) is 32.3 Å². The topological polar surface area (TPSA) is 162 Å². The zero-order valence-corrected chi connectivity index (χ0v) is 29.3. The second kappa shape index (κ2) is 16.3. The summed E-state index contributed by atoms with van der Waals surface area (Å²) in [6, 6.07) is 15.5. The highest BCUT2D eigenvalue weighted by atomic mass is 32.2. The van der Waals surface area contributed by atoms with E-state index in [2.05, 4.69) is 10.1 Å². The number of hydrogen-bond acceptors (Lipinski definition) is 10. The Morgan fingerprint density at radius 1 is 1.02 bits per heavy atom. The zero-order chi connectivity index (χ0) is 36.7. The number of allylic oxidation sites excluding steroid dienone is 1. The van der Waals surface area contributed by atoms with Crippen LogP contribution in [0.15, 0.2) is 76.9 Å². The number of sulfonamides is 1. The standard InChI is InChI=1S/C37H39FN2O10S/c1-4-49-37(44)32(42)21-31(41)25-7-5-23(6-8-25)22-48-18-17-47-16-15-40(51(3,45)46)30-20-33-29(19-28(30)24-9-10-24)34(36(43)39-2)35(50-33)26-11-13-27(38)14-12-26/h5-8,11-14,19-21,24,42H,4,9-10,15-18,22H2,1-3H3,(H,39,43)/b32-21-. The van der Waals surface area contributed by atoms with E-state index in [-0.39, 0.29) is 68.3 Å². The molecule has 14 heteroatoms. The molecule has 0 unspecified atom stereocenters. The van der Waals surface area contributed by atoms with Crippen molar-refractivity contribution < 1.29 is 50.9 Å². The van der Waals surface area contributed by atoms with Crippen molar-refractivity contribution in [2.75, 3.05) is 50.6 Å². The number of hydrogen-bond donors (Lipinski definition) is 2. The maximum Gasteiger partial charge on any atom is 0.373 e. The van der Waals surface area contributed by atoms with Crippen molar-refractivity contribution >= 4 is 44.3 Å². The minimum absolute atomic E-state index is 0.0214. The number of carbonyl (C=O) groups is 3. The summed E-state index contributed by atoms with van der Waals surface area (Å²) in [5, 5.41) is 12.9. The summed E-state index contributed by atoms with van der Waals surface area (Å²) < 4.78 is 63.4. The molecule has 4 aromatic rings. The summed E-state index contributed by atoms with van der Waals surface area (Å²) in [5.74, 6) is -2.75. The largest absolute Gasteiger partial charge is 0.502 e. The number of aliphatic hydroxyl groups excluding tert-OH is 1. The smallest absolute Gasteiger partial charge is 0.373 e. The van der Waals surface area contributed by atoms with Crippen molar-refractivity contribution in [3.8, 4) is 11.3 Å². The Morgan fingerprint density at radius 3 is 2.33 bits per heavy atom. The second-order valence-electron chi connectivity index (χ2n) is 11.9. The van der Waals surface area contributed by atoms with Gasteiger partial charge in [-0.25, -0.2) is 17.6 Å². The monoisotopic (exact) mass is 722 g/mol. The first kappa shape index (κ1) is 37.2. The maximum absolute atomic E-state index is 13.7. The number of ether oxygens (including phenoxy) is 3. The average molecular weight is 723 g/mol. The summed E-state index contributed by atoms with van der Waals surface area (Å²) in [5.41, 5.74) is 3.38. The fraction of sp³-hybridized carbons (Fsp3) is 0.324. The van der Waals surface area contributed by atoms with Crippen LogP contribution in [0, 0.1) is 5.82 Å². The van der Waals surface area contributed by atoms with Crippen LogP contribution in [0.5, 0.6) is 0 Å². The Balaban J connectivity index is 1.22. The number of halogens is 1. The van der Waals surface area contributed by atoms with E-state index in [1.807, 2.05) is 6.07 Å². The van der Waals surface area contributed by atoms with Gasteiger partial charge in [-0.15, -0.1) is 0 Å². The molecule has 270 valence electrons. The Kier molecular flexibility index (Phi) is 11.9. The predicted molar refractivity (Wildman–Crippen MR) is 188 cm³/mol. The number of rotatable bonds is 17. The molecule has 0 bridgehead atoms. The number of nitrogens with zero attached hydrogens (tertiary/aromatic N) is 1. The first-order chi connectivity index (χ1) is 24.4. The van der Waals surface area contributed by atoms with Gasteiger partial charge in [0.1, 0.15) is 17.2 Å². The van der Waals surface area contributed by atoms with Crippen LogP contribution in [-0.4, -0.2) is 77.5 Å². The average Bonchev–Trinajstić information content (AvgIpc) is 3.89. The number of nitrogens with one attached hydrogen (secondary N) is 1. The van der Waals surface area contributed by atoms with Gasteiger partial charge in [-0.1, -0.05) is 24.3 Å². The van der Waals surface area contributed by atoms with Gasteiger partial charge in [-0.2, -0.15) is 0 Å². The summed E-state index contributed by atoms with van der Waals surface area (Å²) in [6.45, 7) is 2.38. The molecule has 1 saturated carbocycles. The van der Waals surface area contributed by atoms with Gasteiger partial charge in [0.25, 0.3) is 5.91 Å². The molecule has 5 rings (SSSR count). The van der Waals surface area contributed by atoms with Crippen LogP contribution in [0.25, 0.3) is 22.3 Å². The fourth-order valence-corrected chi connectivity index (χ4v) is 6.42. The predicted octanol–water partition coefficient (Wildman–Crippen LogP) is 5.66. The van der Waals surface area contributed by atoms with E-state index < -0.39 is 33.4 Å². The van der Waals surface area contributed by atoms with Gasteiger partial charge in [-0.05, 0) is 67.1 Å². The van der Waals surface area contributed by atoms with Crippen molar-refractivity contribution in [3.05, 3.63) is 101 Å². The van der Waals surface area contributed by atoms with E-state index in [9.17, 15) is 32.3 Å². The molecule has 1 aliphatic rings. The molecule has 0 saturated heterocycles. The van der Waals surface area contributed by atoms with Crippen LogP contribution >= 0.6 is 0 Å². The summed E-state index contributed by atoms with van der Waals surface area (Å²) >= 11 is 0. The molecule has 3 aromatic carbocycles. The van der Waals surface area contributed by atoms with Crippen LogP contribution in [0.2, 0.25) is 0 Å². The summed E-state index contributed by atoms with van der Waals surface area (Å²) in [7, 11) is -2.25. The second-order valence-corrected chi connectivity index (χ2v) is 13.8. The lowest BCUT2D eigenvalue weighted by Gasteiger charge is -2.25. The third kappa shape index (κ3) is 9.20. The number of esters is 1. The molecule has 1 amide bonds. The van der Waals surface area contributed by atoms with Gasteiger partial charge < -0.3 is 29.1 Å². The van der Waals surface area contributed by atoms with Crippen LogP contribution in [0.4, 0.5) is 10.1 Å². The Labute approximate surface area is 294 Å². The lowest BCUT2D eigenvalue weighted by atomic mass is 10.0. The molecule has 1 aromatic heterocycles. The molecule has 51 heavy (non-hydrogen) atoms. The van der Waals surface area contributed by atoms with Crippen LogP contribution in [0.3, 0.4) is 0 Å². The quantitative estimate of drug-likeness (QED) is 0.0457. The summed E-state index contributed by atoms with van der Waals surface area (Å²) in [6.07, 6.45) is 3.67. The number of fused-ring (bicyclic) bond motifs is 1. The Bertz CT molecular complexity index is 2040. The fourth-order valence-electron chi connectivity index (χ4n) is 5.50. The highest BCUT2D eigenvalue weighted by molar-refractivity contribution is 7.92. The highest BCUT2D eigenvalue weighted by Crippen LogP contribution is 2.48. The molecule has 0 radical (unpaired) electrons.